The molecule has 2 fully saturated rings. The fourth-order valence-corrected chi connectivity index (χ4v) is 3.05. The summed E-state index contributed by atoms with van der Waals surface area (Å²) in [6.45, 7) is 8.28. The van der Waals surface area contributed by atoms with E-state index >= 15 is 0 Å². The molecule has 5 heteroatoms. The summed E-state index contributed by atoms with van der Waals surface area (Å²) >= 11 is 0. The van der Waals surface area contributed by atoms with Gasteiger partial charge in [0.05, 0.1) is 13.2 Å². The lowest BCUT2D eigenvalue weighted by Gasteiger charge is -2.36. The number of carbonyl (C=O) groups excluding carboxylic acids is 1. The number of fused-ring (bicyclic) bond motifs is 1. The van der Waals surface area contributed by atoms with Gasteiger partial charge < -0.3 is 19.9 Å². The highest BCUT2D eigenvalue weighted by Crippen LogP contribution is 2.30. The zero-order valence-electron chi connectivity index (χ0n) is 11.8. The fourth-order valence-electron chi connectivity index (χ4n) is 3.05. The van der Waals surface area contributed by atoms with Crippen molar-refractivity contribution in [1.82, 2.24) is 15.1 Å². The van der Waals surface area contributed by atoms with E-state index in [-0.39, 0.29) is 6.03 Å². The number of nitrogens with one attached hydrogen (secondary N) is 1. The second kappa shape index (κ2) is 6.91. The first-order valence-corrected chi connectivity index (χ1v) is 7.14. The van der Waals surface area contributed by atoms with Crippen LogP contribution in [-0.4, -0.2) is 68.3 Å². The zero-order chi connectivity index (χ0) is 13.7. The number of likely N-dealkylation sites (N-methyl/N-ethyl adjacent to an activating group) is 1. The molecule has 2 aliphatic rings. The highest BCUT2D eigenvalue weighted by atomic mass is 16.5. The van der Waals surface area contributed by atoms with E-state index in [4.69, 9.17) is 4.74 Å². The molecule has 0 unspecified atom stereocenters. The van der Waals surface area contributed by atoms with E-state index in [0.717, 1.165) is 26.1 Å². The lowest BCUT2D eigenvalue weighted by molar-refractivity contribution is 0.126. The molecule has 0 aromatic carbocycles. The minimum absolute atomic E-state index is 0.0602. The summed E-state index contributed by atoms with van der Waals surface area (Å²) < 4.78 is 5.26. The largest absolute Gasteiger partial charge is 0.376 e. The number of nitrogens with zero attached hydrogens (tertiary/aromatic N) is 2. The molecule has 0 bridgehead atoms. The predicted octanol–water partition coefficient (Wildman–Crippen LogP) is 0.925. The van der Waals surface area contributed by atoms with Crippen molar-refractivity contribution in [1.29, 1.82) is 0 Å². The van der Waals surface area contributed by atoms with Gasteiger partial charge in [0, 0.05) is 25.7 Å². The smallest absolute Gasteiger partial charge is 0.317 e. The summed E-state index contributed by atoms with van der Waals surface area (Å²) in [5.74, 6) is 0.693. The number of carbonyl (C=O) groups is 1. The van der Waals surface area contributed by atoms with Gasteiger partial charge in [-0.05, 0) is 32.4 Å². The Morgan fingerprint density at radius 3 is 3.05 bits per heavy atom. The van der Waals surface area contributed by atoms with Crippen LogP contribution in [0.4, 0.5) is 4.79 Å². The highest BCUT2D eigenvalue weighted by molar-refractivity contribution is 5.75. The number of hydrogen-bond acceptors (Lipinski definition) is 3. The number of rotatable bonds is 5. The summed E-state index contributed by atoms with van der Waals surface area (Å²) in [6, 6.07) is 0.456. The molecule has 0 aliphatic carbocycles. The van der Waals surface area contributed by atoms with Crippen LogP contribution >= 0.6 is 0 Å². The lowest BCUT2D eigenvalue weighted by atomic mass is 9.92. The second-order valence-electron chi connectivity index (χ2n) is 5.46. The van der Waals surface area contributed by atoms with Gasteiger partial charge in [-0.2, -0.15) is 0 Å². The molecule has 108 valence electrons. The van der Waals surface area contributed by atoms with Crippen LogP contribution in [0, 0.1) is 5.92 Å². The van der Waals surface area contributed by atoms with Crippen LogP contribution in [0.5, 0.6) is 0 Å². The van der Waals surface area contributed by atoms with Gasteiger partial charge in [0.2, 0.25) is 0 Å². The molecule has 2 amide bonds. The number of ether oxygens (including phenoxy) is 1. The van der Waals surface area contributed by atoms with E-state index in [9.17, 15) is 4.79 Å². The van der Waals surface area contributed by atoms with Gasteiger partial charge in [0.25, 0.3) is 0 Å². The Balaban J connectivity index is 1.74. The van der Waals surface area contributed by atoms with Crippen LogP contribution in [0.2, 0.25) is 0 Å². The minimum atomic E-state index is 0.0602. The average Bonchev–Trinajstić information content (AvgIpc) is 2.81. The van der Waals surface area contributed by atoms with Crippen molar-refractivity contribution in [3.05, 3.63) is 12.7 Å². The first-order valence-electron chi connectivity index (χ1n) is 7.14. The van der Waals surface area contributed by atoms with E-state index in [1.807, 2.05) is 4.90 Å². The fraction of sp³-hybridized carbons (Fsp3) is 0.786. The number of amides is 2. The van der Waals surface area contributed by atoms with Crippen molar-refractivity contribution < 1.29 is 9.53 Å². The average molecular weight is 267 g/mol. The Morgan fingerprint density at radius 1 is 1.47 bits per heavy atom. The topological polar surface area (TPSA) is 44.8 Å². The number of piperidine rings is 1. The predicted molar refractivity (Wildman–Crippen MR) is 75.1 cm³/mol. The molecule has 0 radical (unpaired) electrons. The molecule has 1 N–H and O–H groups in total. The lowest BCUT2D eigenvalue weighted by Crippen LogP contribution is -2.51. The SMILES string of the molecule is C=CCOCCNC(=O)N1CC[C@@H]2CCN(C)C[C@@H]21. The standard InChI is InChI=1S/C14H25N3O2/c1-3-9-19-10-6-15-14(18)17-8-5-12-4-7-16(2)11-13(12)17/h3,12-13H,1,4-11H2,2H3,(H,15,18)/t12-,13-/m0/s1. The third-order valence-corrected chi connectivity index (χ3v) is 4.08. The first-order chi connectivity index (χ1) is 9.22. The third kappa shape index (κ3) is 3.70. The van der Waals surface area contributed by atoms with Crippen LogP contribution in [0.1, 0.15) is 12.8 Å². The maximum atomic E-state index is 12.2. The van der Waals surface area contributed by atoms with Crippen molar-refractivity contribution in [3.63, 3.8) is 0 Å². The van der Waals surface area contributed by atoms with E-state index in [1.165, 1.54) is 6.42 Å². The molecule has 2 saturated heterocycles. The molecule has 0 spiro atoms. The van der Waals surface area contributed by atoms with Crippen LogP contribution in [0.15, 0.2) is 12.7 Å². The van der Waals surface area contributed by atoms with Crippen molar-refractivity contribution in [2.45, 2.75) is 18.9 Å². The summed E-state index contributed by atoms with van der Waals surface area (Å²) in [5, 5.41) is 2.94. The number of urea groups is 1. The molecular weight excluding hydrogens is 242 g/mol. The van der Waals surface area contributed by atoms with Crippen molar-refractivity contribution in [2.75, 3.05) is 46.4 Å². The van der Waals surface area contributed by atoms with Gasteiger partial charge in [-0.1, -0.05) is 6.08 Å². The minimum Gasteiger partial charge on any atom is -0.376 e. The molecule has 5 nitrogen and oxygen atoms in total. The van der Waals surface area contributed by atoms with Crippen LogP contribution in [0.25, 0.3) is 0 Å². The molecule has 0 aromatic heterocycles. The Bertz CT molecular complexity index is 322. The molecular formula is C14H25N3O2. The van der Waals surface area contributed by atoms with E-state index in [1.54, 1.807) is 6.08 Å². The van der Waals surface area contributed by atoms with Gasteiger partial charge in [0.1, 0.15) is 0 Å². The van der Waals surface area contributed by atoms with Crippen LogP contribution in [-0.2, 0) is 4.74 Å². The van der Waals surface area contributed by atoms with Crippen molar-refractivity contribution in [3.8, 4) is 0 Å². The Morgan fingerprint density at radius 2 is 2.26 bits per heavy atom. The Labute approximate surface area is 115 Å². The van der Waals surface area contributed by atoms with Crippen LogP contribution in [0.3, 0.4) is 0 Å². The maximum absolute atomic E-state index is 12.2. The van der Waals surface area contributed by atoms with Crippen molar-refractivity contribution >= 4 is 6.03 Å². The molecule has 2 aliphatic heterocycles. The molecule has 2 atom stereocenters. The first kappa shape index (κ1) is 14.3. The zero-order valence-corrected chi connectivity index (χ0v) is 11.8. The summed E-state index contributed by atoms with van der Waals surface area (Å²) in [4.78, 5) is 16.5. The van der Waals surface area contributed by atoms with Gasteiger partial charge in [-0.25, -0.2) is 4.79 Å². The molecule has 0 aromatic rings. The monoisotopic (exact) mass is 267 g/mol. The third-order valence-electron chi connectivity index (χ3n) is 4.08. The summed E-state index contributed by atoms with van der Waals surface area (Å²) in [6.07, 6.45) is 4.08. The Kier molecular flexibility index (Phi) is 5.22. The van der Waals surface area contributed by atoms with E-state index in [0.29, 0.717) is 31.7 Å². The Hall–Kier alpha value is -1.07. The van der Waals surface area contributed by atoms with Crippen LogP contribution < -0.4 is 5.32 Å². The quantitative estimate of drug-likeness (QED) is 0.595. The maximum Gasteiger partial charge on any atom is 0.317 e. The number of likely N-dealkylation sites (tertiary alicyclic amines) is 2. The molecule has 2 heterocycles. The summed E-state index contributed by atoms with van der Waals surface area (Å²) in [7, 11) is 2.13. The molecule has 19 heavy (non-hydrogen) atoms. The van der Waals surface area contributed by atoms with Gasteiger partial charge in [-0.3, -0.25) is 0 Å². The molecule has 2 rings (SSSR count). The normalized spacial score (nSPS) is 27.1. The van der Waals surface area contributed by atoms with E-state index < -0.39 is 0 Å². The van der Waals surface area contributed by atoms with Crippen molar-refractivity contribution in [2.24, 2.45) is 5.92 Å². The van der Waals surface area contributed by atoms with Gasteiger partial charge in [-0.15, -0.1) is 6.58 Å². The molecule has 0 saturated carbocycles. The highest BCUT2D eigenvalue weighted by Gasteiger charge is 2.39. The van der Waals surface area contributed by atoms with E-state index in [2.05, 4.69) is 23.8 Å². The summed E-state index contributed by atoms with van der Waals surface area (Å²) in [5.41, 5.74) is 0. The number of hydrogen-bond donors (Lipinski definition) is 1. The van der Waals surface area contributed by atoms with Gasteiger partial charge >= 0.3 is 6.03 Å². The van der Waals surface area contributed by atoms with Gasteiger partial charge in [0.15, 0.2) is 0 Å². The second-order valence-corrected chi connectivity index (χ2v) is 5.46.